The number of hydrogen-bond acceptors (Lipinski definition) is 6. The molecule has 8 heteroatoms. The Kier molecular flexibility index (Phi) is 7.06. The van der Waals surface area contributed by atoms with E-state index in [4.69, 9.17) is 10.2 Å². The van der Waals surface area contributed by atoms with Gasteiger partial charge in [0.05, 0.1) is 0 Å². The molecule has 0 radical (unpaired) electrons. The van der Waals surface area contributed by atoms with Gasteiger partial charge in [-0.25, -0.2) is 14.5 Å². The zero-order valence-electron chi connectivity index (χ0n) is 8.74. The van der Waals surface area contributed by atoms with Crippen LogP contribution in [0.5, 0.6) is 0 Å². The molecule has 0 bridgehead atoms. The first kappa shape index (κ1) is 15.2. The summed E-state index contributed by atoms with van der Waals surface area (Å²) in [6.45, 7) is 1.86. The topological polar surface area (TPSA) is 118 Å². The largest absolute Gasteiger partial charge is 0.478 e. The van der Waals surface area contributed by atoms with E-state index in [2.05, 4.69) is 0 Å². The van der Waals surface area contributed by atoms with Gasteiger partial charge in [-0.3, -0.25) is 0 Å². The number of aliphatic hydroxyl groups excluding tert-OH is 2. The number of carboxylic acids is 2. The molecule has 0 saturated carbocycles. The van der Waals surface area contributed by atoms with Crippen molar-refractivity contribution in [3.05, 3.63) is 0 Å². The maximum atomic E-state index is 10.5. The van der Waals surface area contributed by atoms with E-state index in [9.17, 15) is 19.8 Å². The standard InChI is InChI=1S/C8H15NO6S/c1-2-16-4-3-9(5(10)7(12)13)6(11)8(14)15/h5-6,10-11H,2-4H2,1H3,(H,12,13)(H,14,15). The SMILES string of the molecule is CCSCCN(C(O)C(=O)O)C(O)C(=O)O. The number of hydrogen-bond donors (Lipinski definition) is 4. The van der Waals surface area contributed by atoms with E-state index < -0.39 is 24.4 Å². The summed E-state index contributed by atoms with van der Waals surface area (Å²) in [5.74, 6) is -1.99. The van der Waals surface area contributed by atoms with Gasteiger partial charge in [-0.1, -0.05) is 6.92 Å². The molecule has 0 rings (SSSR count). The third-order valence-electron chi connectivity index (χ3n) is 1.77. The van der Waals surface area contributed by atoms with Crippen LogP contribution in [-0.2, 0) is 9.59 Å². The van der Waals surface area contributed by atoms with E-state index in [1.54, 1.807) is 0 Å². The fourth-order valence-electron chi connectivity index (χ4n) is 0.976. The smallest absolute Gasteiger partial charge is 0.348 e. The van der Waals surface area contributed by atoms with Crippen LogP contribution in [0.15, 0.2) is 0 Å². The Balaban J connectivity index is 4.49. The van der Waals surface area contributed by atoms with Crippen molar-refractivity contribution in [2.24, 2.45) is 0 Å². The first-order valence-corrected chi connectivity index (χ1v) is 5.72. The highest BCUT2D eigenvalue weighted by molar-refractivity contribution is 7.99. The molecule has 0 heterocycles. The fourth-order valence-corrected chi connectivity index (χ4v) is 1.60. The fraction of sp³-hybridized carbons (Fsp3) is 0.750. The minimum absolute atomic E-state index is 0.0283. The average Bonchev–Trinajstić information content (AvgIpc) is 2.22. The molecule has 0 saturated heterocycles. The first-order chi connectivity index (χ1) is 7.41. The zero-order chi connectivity index (χ0) is 12.7. The second-order valence-corrected chi connectivity index (χ2v) is 4.25. The summed E-state index contributed by atoms with van der Waals surface area (Å²) in [7, 11) is 0. The minimum atomic E-state index is -2.02. The van der Waals surface area contributed by atoms with Crippen LogP contribution in [-0.4, -0.2) is 67.8 Å². The lowest BCUT2D eigenvalue weighted by molar-refractivity contribution is -0.181. The first-order valence-electron chi connectivity index (χ1n) is 4.57. The molecule has 0 amide bonds. The summed E-state index contributed by atoms with van der Waals surface area (Å²) in [5, 5.41) is 35.5. The molecule has 0 spiro atoms. The molecule has 0 aliphatic rings. The molecule has 7 nitrogen and oxygen atoms in total. The molecule has 94 valence electrons. The molecular weight excluding hydrogens is 238 g/mol. The van der Waals surface area contributed by atoms with Crippen molar-refractivity contribution < 1.29 is 30.0 Å². The average molecular weight is 253 g/mol. The quantitative estimate of drug-likeness (QED) is 0.316. The van der Waals surface area contributed by atoms with Crippen molar-refractivity contribution >= 4 is 23.7 Å². The zero-order valence-corrected chi connectivity index (χ0v) is 9.55. The number of thioether (sulfide) groups is 1. The van der Waals surface area contributed by atoms with Crippen molar-refractivity contribution in [1.29, 1.82) is 0 Å². The van der Waals surface area contributed by atoms with E-state index in [0.717, 1.165) is 5.75 Å². The van der Waals surface area contributed by atoms with Crippen molar-refractivity contribution in [2.45, 2.75) is 19.4 Å². The molecule has 0 aromatic carbocycles. The number of aliphatic hydroxyl groups is 2. The lowest BCUT2D eigenvalue weighted by Crippen LogP contribution is -2.51. The maximum Gasteiger partial charge on any atom is 0.348 e. The Morgan fingerprint density at radius 2 is 1.62 bits per heavy atom. The summed E-state index contributed by atoms with van der Waals surface area (Å²) >= 11 is 1.44. The maximum absolute atomic E-state index is 10.5. The number of rotatable bonds is 8. The molecular formula is C8H15NO6S. The summed E-state index contributed by atoms with van der Waals surface area (Å²) in [6.07, 6.45) is -4.05. The predicted octanol–water partition coefficient (Wildman–Crippen LogP) is -1.15. The van der Waals surface area contributed by atoms with Crippen molar-refractivity contribution in [1.82, 2.24) is 4.90 Å². The van der Waals surface area contributed by atoms with Crippen LogP contribution in [0.2, 0.25) is 0 Å². The summed E-state index contributed by atoms with van der Waals surface area (Å²) in [5.41, 5.74) is 0. The van der Waals surface area contributed by atoms with Crippen LogP contribution in [0.4, 0.5) is 0 Å². The van der Waals surface area contributed by atoms with Gasteiger partial charge in [0.15, 0.2) is 0 Å². The molecule has 2 atom stereocenters. The molecule has 0 aliphatic carbocycles. The highest BCUT2D eigenvalue weighted by atomic mass is 32.2. The predicted molar refractivity (Wildman–Crippen MR) is 57.0 cm³/mol. The minimum Gasteiger partial charge on any atom is -0.478 e. The summed E-state index contributed by atoms with van der Waals surface area (Å²) in [6, 6.07) is 0. The van der Waals surface area contributed by atoms with Crippen LogP contribution in [0.25, 0.3) is 0 Å². The molecule has 0 aromatic heterocycles. The molecule has 0 fully saturated rings. The van der Waals surface area contributed by atoms with Crippen molar-refractivity contribution in [3.63, 3.8) is 0 Å². The Morgan fingerprint density at radius 3 is 1.94 bits per heavy atom. The Hall–Kier alpha value is -0.830. The van der Waals surface area contributed by atoms with Gasteiger partial charge in [-0.2, -0.15) is 11.8 Å². The number of carboxylic acid groups (broad SMARTS) is 2. The molecule has 0 aliphatic heterocycles. The van der Waals surface area contributed by atoms with Crippen molar-refractivity contribution in [2.75, 3.05) is 18.1 Å². The summed E-state index contributed by atoms with van der Waals surface area (Å²) in [4.78, 5) is 21.6. The van der Waals surface area contributed by atoms with Gasteiger partial charge in [-0.15, -0.1) is 0 Å². The highest BCUT2D eigenvalue weighted by Gasteiger charge is 2.32. The van der Waals surface area contributed by atoms with Gasteiger partial charge in [0.25, 0.3) is 0 Å². The number of nitrogens with zero attached hydrogens (tertiary/aromatic N) is 1. The Bertz CT molecular complexity index is 229. The lowest BCUT2D eigenvalue weighted by Gasteiger charge is -2.27. The third-order valence-corrected chi connectivity index (χ3v) is 2.65. The van der Waals surface area contributed by atoms with Gasteiger partial charge >= 0.3 is 11.9 Å². The van der Waals surface area contributed by atoms with E-state index in [1.165, 1.54) is 11.8 Å². The van der Waals surface area contributed by atoms with Crippen molar-refractivity contribution in [3.8, 4) is 0 Å². The summed E-state index contributed by atoms with van der Waals surface area (Å²) < 4.78 is 0. The lowest BCUT2D eigenvalue weighted by atomic mass is 10.4. The van der Waals surface area contributed by atoms with Gasteiger partial charge in [-0.05, 0) is 5.75 Å². The second kappa shape index (κ2) is 7.44. The van der Waals surface area contributed by atoms with Crippen LogP contribution in [0, 0.1) is 0 Å². The van der Waals surface area contributed by atoms with E-state index in [0.29, 0.717) is 10.7 Å². The molecule has 0 aromatic rings. The Labute approximate surface area is 96.7 Å². The van der Waals surface area contributed by atoms with Gasteiger partial charge in [0, 0.05) is 12.3 Å². The van der Waals surface area contributed by atoms with Gasteiger partial charge in [0.2, 0.25) is 12.5 Å². The van der Waals surface area contributed by atoms with Crippen LogP contribution >= 0.6 is 11.8 Å². The number of aliphatic carboxylic acids is 2. The molecule has 16 heavy (non-hydrogen) atoms. The van der Waals surface area contributed by atoms with Crippen LogP contribution in [0.3, 0.4) is 0 Å². The third kappa shape index (κ3) is 4.79. The van der Waals surface area contributed by atoms with Crippen LogP contribution < -0.4 is 0 Å². The van der Waals surface area contributed by atoms with Crippen LogP contribution in [0.1, 0.15) is 6.92 Å². The monoisotopic (exact) mass is 253 g/mol. The Morgan fingerprint density at radius 1 is 1.19 bits per heavy atom. The highest BCUT2D eigenvalue weighted by Crippen LogP contribution is 2.07. The van der Waals surface area contributed by atoms with E-state index in [-0.39, 0.29) is 6.54 Å². The second-order valence-electron chi connectivity index (χ2n) is 2.86. The van der Waals surface area contributed by atoms with E-state index >= 15 is 0 Å². The molecule has 2 unspecified atom stereocenters. The van der Waals surface area contributed by atoms with Gasteiger partial charge < -0.3 is 20.4 Å². The van der Waals surface area contributed by atoms with E-state index in [1.807, 2.05) is 6.92 Å². The number of carbonyl (C=O) groups is 2. The molecule has 4 N–H and O–H groups in total. The normalized spacial score (nSPS) is 14.8. The van der Waals surface area contributed by atoms with Gasteiger partial charge in [0.1, 0.15) is 0 Å².